The van der Waals surface area contributed by atoms with E-state index in [1.807, 2.05) is 13.0 Å². The molecule has 0 radical (unpaired) electrons. The zero-order valence-corrected chi connectivity index (χ0v) is 12.0. The number of anilines is 1. The molecule has 0 saturated heterocycles. The summed E-state index contributed by atoms with van der Waals surface area (Å²) in [7, 11) is -3.72. The number of aryl methyl sites for hydroxylation is 1. The molecule has 0 aliphatic carbocycles. The predicted molar refractivity (Wildman–Crippen MR) is 75.2 cm³/mol. The number of carbonyl (C=O) groups is 1. The average Bonchev–Trinajstić information content (AvgIpc) is 2.30. The van der Waals surface area contributed by atoms with Crippen LogP contribution in [0.2, 0.25) is 0 Å². The summed E-state index contributed by atoms with van der Waals surface area (Å²) in [4.78, 5) is 11.8. The fourth-order valence-corrected chi connectivity index (χ4v) is 2.17. The van der Waals surface area contributed by atoms with Crippen molar-refractivity contribution >= 4 is 21.6 Å². The number of nitrogens with one attached hydrogen (secondary N) is 1. The topological polar surface area (TPSA) is 89.3 Å². The Kier molecular flexibility index (Phi) is 4.85. The van der Waals surface area contributed by atoms with Crippen LogP contribution in [0, 0.1) is 6.92 Å². The Bertz CT molecular complexity index is 619. The molecular formula is C13H18N2O3S. The van der Waals surface area contributed by atoms with Gasteiger partial charge in [-0.2, -0.15) is 0 Å². The minimum absolute atomic E-state index is 0.0313. The third kappa shape index (κ3) is 4.18. The second-order valence-electron chi connectivity index (χ2n) is 4.27. The molecule has 104 valence electrons. The van der Waals surface area contributed by atoms with E-state index in [0.29, 0.717) is 16.8 Å². The molecule has 0 aromatic heterocycles. The van der Waals surface area contributed by atoms with Crippen molar-refractivity contribution in [1.29, 1.82) is 0 Å². The third-order valence-corrected chi connectivity index (χ3v) is 3.55. The Morgan fingerprint density at radius 1 is 1.42 bits per heavy atom. The molecule has 19 heavy (non-hydrogen) atoms. The molecule has 1 aromatic rings. The maximum atomic E-state index is 11.8. The first-order chi connectivity index (χ1) is 8.75. The van der Waals surface area contributed by atoms with Crippen LogP contribution in [-0.4, -0.2) is 14.3 Å². The van der Waals surface area contributed by atoms with Crippen LogP contribution < -0.4 is 10.5 Å². The van der Waals surface area contributed by atoms with Gasteiger partial charge in [0.15, 0.2) is 0 Å². The van der Waals surface area contributed by atoms with Gasteiger partial charge in [0.2, 0.25) is 10.0 Å². The second kappa shape index (κ2) is 5.99. The molecule has 1 amide bonds. The van der Waals surface area contributed by atoms with E-state index in [0.717, 1.165) is 6.42 Å². The van der Waals surface area contributed by atoms with Crippen molar-refractivity contribution in [3.8, 4) is 0 Å². The van der Waals surface area contributed by atoms with Gasteiger partial charge in [0.25, 0.3) is 5.91 Å². The van der Waals surface area contributed by atoms with E-state index in [2.05, 4.69) is 5.32 Å². The Labute approximate surface area is 113 Å². The minimum atomic E-state index is -3.72. The van der Waals surface area contributed by atoms with Crippen LogP contribution in [0.4, 0.5) is 5.69 Å². The van der Waals surface area contributed by atoms with Gasteiger partial charge in [-0.1, -0.05) is 13.0 Å². The Hall–Kier alpha value is -1.66. The summed E-state index contributed by atoms with van der Waals surface area (Å²) in [6.07, 6.45) is 2.60. The molecule has 1 rings (SSSR count). The predicted octanol–water partition coefficient (Wildman–Crippen LogP) is 1.94. The lowest BCUT2D eigenvalue weighted by molar-refractivity contribution is -0.112. The van der Waals surface area contributed by atoms with Gasteiger partial charge in [-0.25, -0.2) is 13.6 Å². The highest BCUT2D eigenvalue weighted by Gasteiger charge is 2.11. The zero-order valence-electron chi connectivity index (χ0n) is 11.2. The molecule has 0 bridgehead atoms. The van der Waals surface area contributed by atoms with Crippen molar-refractivity contribution in [1.82, 2.24) is 0 Å². The van der Waals surface area contributed by atoms with Gasteiger partial charge >= 0.3 is 0 Å². The summed E-state index contributed by atoms with van der Waals surface area (Å²) in [6, 6.07) is 4.34. The van der Waals surface area contributed by atoms with Gasteiger partial charge in [0, 0.05) is 11.3 Å². The SMILES string of the molecule is CC/C=C(/C)C(=O)Nc1ccc(S(N)(=O)=O)cc1C. The Balaban J connectivity index is 2.99. The van der Waals surface area contributed by atoms with Crippen LogP contribution in [0.15, 0.2) is 34.7 Å². The summed E-state index contributed by atoms with van der Waals surface area (Å²) in [5.74, 6) is -0.201. The lowest BCUT2D eigenvalue weighted by atomic mass is 10.2. The number of nitrogens with two attached hydrogens (primary N) is 1. The molecular weight excluding hydrogens is 264 g/mol. The first-order valence-electron chi connectivity index (χ1n) is 5.87. The number of rotatable bonds is 4. The summed E-state index contributed by atoms with van der Waals surface area (Å²) in [5.41, 5.74) is 1.84. The third-order valence-electron chi connectivity index (χ3n) is 2.64. The lowest BCUT2D eigenvalue weighted by Crippen LogP contribution is -2.15. The quantitative estimate of drug-likeness (QED) is 0.827. The maximum Gasteiger partial charge on any atom is 0.250 e. The standard InChI is InChI=1S/C13H18N2O3S/c1-4-5-9(2)13(16)15-12-7-6-11(8-10(12)3)19(14,17)18/h5-8H,4H2,1-3H3,(H,15,16)(H2,14,17,18)/b9-5-. The number of sulfonamides is 1. The van der Waals surface area contributed by atoms with E-state index in [4.69, 9.17) is 5.14 Å². The minimum Gasteiger partial charge on any atom is -0.322 e. The van der Waals surface area contributed by atoms with Gasteiger partial charge in [-0.3, -0.25) is 4.79 Å². The number of hydrogen-bond donors (Lipinski definition) is 2. The molecule has 0 saturated carbocycles. The molecule has 0 aliphatic heterocycles. The van der Waals surface area contributed by atoms with Gasteiger partial charge in [-0.15, -0.1) is 0 Å². The van der Waals surface area contributed by atoms with Crippen molar-refractivity contribution in [3.63, 3.8) is 0 Å². The molecule has 6 heteroatoms. The molecule has 0 unspecified atom stereocenters. The highest BCUT2D eigenvalue weighted by molar-refractivity contribution is 7.89. The van der Waals surface area contributed by atoms with Crippen molar-refractivity contribution in [2.24, 2.45) is 5.14 Å². The number of allylic oxidation sites excluding steroid dienone is 1. The second-order valence-corrected chi connectivity index (χ2v) is 5.83. The van der Waals surface area contributed by atoms with E-state index in [9.17, 15) is 13.2 Å². The smallest absolute Gasteiger partial charge is 0.250 e. The van der Waals surface area contributed by atoms with Crippen LogP contribution >= 0.6 is 0 Å². The van der Waals surface area contributed by atoms with E-state index >= 15 is 0 Å². The molecule has 0 fully saturated rings. The van der Waals surface area contributed by atoms with E-state index in [1.165, 1.54) is 18.2 Å². The molecule has 0 heterocycles. The summed E-state index contributed by atoms with van der Waals surface area (Å²) >= 11 is 0. The highest BCUT2D eigenvalue weighted by atomic mass is 32.2. The molecule has 3 N–H and O–H groups in total. The van der Waals surface area contributed by atoms with E-state index in [1.54, 1.807) is 13.8 Å². The fraction of sp³-hybridized carbons (Fsp3) is 0.308. The molecule has 0 aliphatic rings. The number of hydrogen-bond acceptors (Lipinski definition) is 3. The molecule has 5 nitrogen and oxygen atoms in total. The monoisotopic (exact) mass is 282 g/mol. The van der Waals surface area contributed by atoms with Crippen LogP contribution in [-0.2, 0) is 14.8 Å². The lowest BCUT2D eigenvalue weighted by Gasteiger charge is -2.09. The van der Waals surface area contributed by atoms with Crippen LogP contribution in [0.1, 0.15) is 25.8 Å². The number of carbonyl (C=O) groups excluding carboxylic acids is 1. The molecule has 0 atom stereocenters. The van der Waals surface area contributed by atoms with Crippen molar-refractivity contribution in [2.45, 2.75) is 32.1 Å². The van der Waals surface area contributed by atoms with Crippen LogP contribution in [0.3, 0.4) is 0 Å². The van der Waals surface area contributed by atoms with Gasteiger partial charge in [0.1, 0.15) is 0 Å². The Morgan fingerprint density at radius 3 is 2.53 bits per heavy atom. The number of benzene rings is 1. The zero-order chi connectivity index (χ0) is 14.6. The number of primary sulfonamides is 1. The Morgan fingerprint density at radius 2 is 2.05 bits per heavy atom. The van der Waals surface area contributed by atoms with Crippen molar-refractivity contribution < 1.29 is 13.2 Å². The largest absolute Gasteiger partial charge is 0.322 e. The number of amides is 1. The van der Waals surface area contributed by atoms with E-state index in [-0.39, 0.29) is 10.8 Å². The average molecular weight is 282 g/mol. The first kappa shape index (κ1) is 15.4. The summed E-state index contributed by atoms with van der Waals surface area (Å²) in [6.45, 7) is 5.39. The van der Waals surface area contributed by atoms with Crippen LogP contribution in [0.5, 0.6) is 0 Å². The fourth-order valence-electron chi connectivity index (χ4n) is 1.57. The molecule has 1 aromatic carbocycles. The van der Waals surface area contributed by atoms with Crippen LogP contribution in [0.25, 0.3) is 0 Å². The first-order valence-corrected chi connectivity index (χ1v) is 7.42. The normalized spacial score (nSPS) is 12.3. The van der Waals surface area contributed by atoms with Gasteiger partial charge < -0.3 is 5.32 Å². The highest BCUT2D eigenvalue weighted by Crippen LogP contribution is 2.19. The summed E-state index contributed by atoms with van der Waals surface area (Å²) < 4.78 is 22.4. The summed E-state index contributed by atoms with van der Waals surface area (Å²) in [5, 5.41) is 7.77. The van der Waals surface area contributed by atoms with Gasteiger partial charge in [-0.05, 0) is 44.0 Å². The molecule has 0 spiro atoms. The van der Waals surface area contributed by atoms with Gasteiger partial charge in [0.05, 0.1) is 4.90 Å². The maximum absolute atomic E-state index is 11.8. The van der Waals surface area contributed by atoms with E-state index < -0.39 is 10.0 Å². The van der Waals surface area contributed by atoms with Crippen molar-refractivity contribution in [2.75, 3.05) is 5.32 Å². The van der Waals surface area contributed by atoms with Crippen molar-refractivity contribution in [3.05, 3.63) is 35.4 Å².